The topological polar surface area (TPSA) is 74.2 Å². The highest BCUT2D eigenvalue weighted by molar-refractivity contribution is 6.24. The van der Waals surface area contributed by atoms with Crippen LogP contribution in [0.5, 0.6) is 11.5 Å². The van der Waals surface area contributed by atoms with Crippen molar-refractivity contribution in [1.82, 2.24) is 0 Å². The van der Waals surface area contributed by atoms with E-state index in [1.807, 2.05) is 24.3 Å². The number of aliphatic imine (C=N–C) groups is 1. The van der Waals surface area contributed by atoms with Crippen LogP contribution in [0, 0.1) is 5.92 Å². The maximum absolute atomic E-state index is 13.5. The van der Waals surface area contributed by atoms with Crippen LogP contribution in [-0.4, -0.2) is 38.3 Å². The number of allylic oxidation sites excluding steroid dienone is 1. The lowest BCUT2D eigenvalue weighted by Crippen LogP contribution is -2.35. The van der Waals surface area contributed by atoms with Crippen molar-refractivity contribution in [2.75, 3.05) is 20.8 Å². The highest BCUT2D eigenvalue weighted by Crippen LogP contribution is 2.50. The average Bonchev–Trinajstić information content (AvgIpc) is 3.04. The van der Waals surface area contributed by atoms with Gasteiger partial charge in [0.15, 0.2) is 5.78 Å². The van der Waals surface area contributed by atoms with E-state index in [4.69, 9.17) is 19.2 Å². The van der Waals surface area contributed by atoms with Gasteiger partial charge in [-0.2, -0.15) is 0 Å². The fourth-order valence-electron chi connectivity index (χ4n) is 4.30. The molecule has 0 saturated heterocycles. The summed E-state index contributed by atoms with van der Waals surface area (Å²) in [6.45, 7) is 3.80. The zero-order chi connectivity index (χ0) is 21.4. The summed E-state index contributed by atoms with van der Waals surface area (Å²) < 4.78 is 16.4. The molecule has 0 bridgehead atoms. The summed E-state index contributed by atoms with van der Waals surface area (Å²) in [5.74, 6) is -0.687. The van der Waals surface area contributed by atoms with Gasteiger partial charge in [0.1, 0.15) is 17.4 Å². The summed E-state index contributed by atoms with van der Waals surface area (Å²) in [4.78, 5) is 31.2. The molecule has 1 aliphatic carbocycles. The van der Waals surface area contributed by atoms with Gasteiger partial charge in [-0.25, -0.2) is 0 Å². The Labute approximate surface area is 175 Å². The van der Waals surface area contributed by atoms with E-state index < -0.39 is 17.8 Å². The lowest BCUT2D eigenvalue weighted by Gasteiger charge is -2.31. The van der Waals surface area contributed by atoms with E-state index in [2.05, 4.69) is 0 Å². The Morgan fingerprint density at radius 3 is 2.47 bits per heavy atom. The molecule has 4 rings (SSSR count). The third-order valence-corrected chi connectivity index (χ3v) is 5.62. The minimum absolute atomic E-state index is 0.124. The summed E-state index contributed by atoms with van der Waals surface area (Å²) in [6.07, 6.45) is 0. The van der Waals surface area contributed by atoms with Crippen LogP contribution in [0.2, 0.25) is 0 Å². The van der Waals surface area contributed by atoms with Crippen molar-refractivity contribution in [1.29, 1.82) is 0 Å². The summed E-state index contributed by atoms with van der Waals surface area (Å²) in [7, 11) is 3.14. The third-order valence-electron chi connectivity index (χ3n) is 5.62. The minimum Gasteiger partial charge on any atom is -0.497 e. The summed E-state index contributed by atoms with van der Waals surface area (Å²) >= 11 is 0. The predicted molar refractivity (Wildman–Crippen MR) is 113 cm³/mol. The quantitative estimate of drug-likeness (QED) is 0.702. The van der Waals surface area contributed by atoms with Gasteiger partial charge in [0, 0.05) is 33.9 Å². The van der Waals surface area contributed by atoms with Crippen LogP contribution >= 0.6 is 0 Å². The Balaban J connectivity index is 1.98. The van der Waals surface area contributed by atoms with Gasteiger partial charge in [-0.1, -0.05) is 24.3 Å². The van der Waals surface area contributed by atoms with E-state index in [1.54, 1.807) is 46.3 Å². The van der Waals surface area contributed by atoms with Crippen molar-refractivity contribution in [2.45, 2.75) is 19.8 Å². The molecule has 1 unspecified atom stereocenters. The first kappa shape index (κ1) is 19.9. The normalized spacial score (nSPS) is 19.7. The third kappa shape index (κ3) is 3.00. The van der Waals surface area contributed by atoms with E-state index in [-0.39, 0.29) is 12.4 Å². The molecule has 0 radical (unpaired) electrons. The van der Waals surface area contributed by atoms with Crippen LogP contribution in [0.1, 0.15) is 41.3 Å². The smallest absolute Gasteiger partial charge is 0.315 e. The van der Waals surface area contributed by atoms with E-state index in [9.17, 15) is 9.59 Å². The molecule has 0 saturated carbocycles. The molecule has 2 atom stereocenters. The van der Waals surface area contributed by atoms with Crippen LogP contribution in [0.3, 0.4) is 0 Å². The number of benzene rings is 2. The lowest BCUT2D eigenvalue weighted by atomic mass is 9.74. The van der Waals surface area contributed by atoms with Gasteiger partial charge < -0.3 is 14.2 Å². The number of esters is 1. The van der Waals surface area contributed by atoms with Crippen molar-refractivity contribution in [3.63, 3.8) is 0 Å². The molecule has 0 fully saturated rings. The number of hydrogen-bond acceptors (Lipinski definition) is 6. The maximum Gasteiger partial charge on any atom is 0.315 e. The standard InChI is InChI=1S/C24H23NO5/c1-5-30-24(27)19-13(2)25-22-15-8-6-7-9-16(15)23(26)21(22)20(19)17-12-14(28-3)10-11-18(17)29-4/h6-12,19-20H,5H2,1-4H3/t19?,20-/m1/s1. The fraction of sp³-hybridized carbons (Fsp3) is 0.292. The molecule has 0 spiro atoms. The van der Waals surface area contributed by atoms with E-state index in [1.165, 1.54) is 0 Å². The highest BCUT2D eigenvalue weighted by Gasteiger charge is 2.47. The number of nitrogens with zero attached hydrogens (tertiary/aromatic N) is 1. The first-order valence-corrected chi connectivity index (χ1v) is 9.83. The van der Waals surface area contributed by atoms with Crippen LogP contribution in [0.25, 0.3) is 5.70 Å². The van der Waals surface area contributed by atoms with E-state index >= 15 is 0 Å². The largest absolute Gasteiger partial charge is 0.497 e. The molecule has 30 heavy (non-hydrogen) atoms. The summed E-state index contributed by atoms with van der Waals surface area (Å²) in [6, 6.07) is 12.8. The van der Waals surface area contributed by atoms with Gasteiger partial charge in [0.05, 0.1) is 26.5 Å². The fourth-order valence-corrected chi connectivity index (χ4v) is 4.30. The van der Waals surface area contributed by atoms with E-state index in [0.717, 1.165) is 5.56 Å². The number of hydrogen-bond donors (Lipinski definition) is 0. The molecule has 1 heterocycles. The zero-order valence-electron chi connectivity index (χ0n) is 17.4. The van der Waals surface area contributed by atoms with Crippen LogP contribution in [0.15, 0.2) is 53.0 Å². The van der Waals surface area contributed by atoms with Crippen molar-refractivity contribution >= 4 is 23.2 Å². The predicted octanol–water partition coefficient (Wildman–Crippen LogP) is 4.05. The summed E-state index contributed by atoms with van der Waals surface area (Å²) in [5.41, 5.74) is 3.78. The second-order valence-corrected chi connectivity index (χ2v) is 7.21. The molecule has 2 aliphatic rings. The van der Waals surface area contributed by atoms with Crippen LogP contribution in [0.4, 0.5) is 0 Å². The Bertz CT molecular complexity index is 1100. The van der Waals surface area contributed by atoms with Gasteiger partial charge in [-0.15, -0.1) is 0 Å². The van der Waals surface area contributed by atoms with Crippen molar-refractivity contribution in [3.05, 3.63) is 64.7 Å². The van der Waals surface area contributed by atoms with Gasteiger partial charge in [0.2, 0.25) is 0 Å². The lowest BCUT2D eigenvalue weighted by molar-refractivity contribution is -0.146. The maximum atomic E-state index is 13.5. The number of ether oxygens (including phenoxy) is 3. The van der Waals surface area contributed by atoms with Crippen LogP contribution in [-0.2, 0) is 9.53 Å². The molecule has 6 nitrogen and oxygen atoms in total. The number of fused-ring (bicyclic) bond motifs is 2. The molecule has 0 N–H and O–H groups in total. The van der Waals surface area contributed by atoms with Crippen molar-refractivity contribution in [2.24, 2.45) is 10.9 Å². The Kier molecular flexibility index (Phi) is 5.16. The van der Waals surface area contributed by atoms with Crippen molar-refractivity contribution in [3.8, 4) is 11.5 Å². The first-order valence-electron chi connectivity index (χ1n) is 9.83. The van der Waals surface area contributed by atoms with Gasteiger partial charge in [0.25, 0.3) is 0 Å². The number of ketones is 1. The highest BCUT2D eigenvalue weighted by atomic mass is 16.5. The number of carbonyl (C=O) groups is 2. The number of methoxy groups -OCH3 is 2. The Hall–Kier alpha value is -3.41. The van der Waals surface area contributed by atoms with E-state index in [0.29, 0.717) is 39.6 Å². The van der Waals surface area contributed by atoms with Gasteiger partial charge in [-0.3, -0.25) is 14.6 Å². The zero-order valence-corrected chi connectivity index (χ0v) is 17.4. The Morgan fingerprint density at radius 2 is 1.80 bits per heavy atom. The molecule has 2 aromatic rings. The molecule has 2 aromatic carbocycles. The van der Waals surface area contributed by atoms with Crippen molar-refractivity contribution < 1.29 is 23.8 Å². The van der Waals surface area contributed by atoms with Crippen LogP contribution < -0.4 is 9.47 Å². The van der Waals surface area contributed by atoms with Gasteiger partial charge in [-0.05, 0) is 32.0 Å². The second-order valence-electron chi connectivity index (χ2n) is 7.21. The van der Waals surface area contributed by atoms with Gasteiger partial charge >= 0.3 is 5.97 Å². The first-order chi connectivity index (χ1) is 14.5. The SMILES string of the molecule is CCOC(=O)C1C(C)=NC2=C(C(=O)c3ccccc32)[C@@H]1c1cc(OC)ccc1OC. The monoisotopic (exact) mass is 405 g/mol. The molecule has 1 aliphatic heterocycles. The number of Topliss-reactive ketones (excluding diaryl/α,β-unsaturated/α-hetero) is 1. The molecule has 0 aromatic heterocycles. The average molecular weight is 405 g/mol. The number of rotatable bonds is 5. The molecule has 0 amide bonds. The molecule has 6 heteroatoms. The number of carbonyl (C=O) groups excluding carboxylic acids is 2. The molecular formula is C24H23NO5. The second kappa shape index (κ2) is 7.78. The minimum atomic E-state index is -0.733. The molecular weight excluding hydrogens is 382 g/mol. The Morgan fingerprint density at radius 1 is 1.07 bits per heavy atom. The molecule has 154 valence electrons. The summed E-state index contributed by atoms with van der Waals surface area (Å²) in [5, 5.41) is 0.